The quantitative estimate of drug-likeness (QED) is 0.642. The number of furan rings is 1. The maximum Gasteiger partial charge on any atom is 0.260 e. The van der Waals surface area contributed by atoms with Gasteiger partial charge in [0.15, 0.2) is 5.13 Å². The second kappa shape index (κ2) is 8.24. The second-order valence-corrected chi connectivity index (χ2v) is 6.83. The summed E-state index contributed by atoms with van der Waals surface area (Å²) < 4.78 is 10.2. The molecule has 0 saturated carbocycles. The van der Waals surface area contributed by atoms with E-state index < -0.39 is 0 Å². The molecule has 0 fully saturated rings. The number of amides is 2. The van der Waals surface area contributed by atoms with Gasteiger partial charge in [-0.25, -0.2) is 4.98 Å². The number of aromatic nitrogens is 1. The van der Waals surface area contributed by atoms with E-state index >= 15 is 0 Å². The van der Waals surface area contributed by atoms with E-state index in [0.29, 0.717) is 38.6 Å². The molecule has 2 amide bonds. The number of rotatable bonds is 6. The highest BCUT2D eigenvalue weighted by Gasteiger charge is 2.14. The third-order valence-electron chi connectivity index (χ3n) is 3.65. The maximum absolute atomic E-state index is 12.2. The first kappa shape index (κ1) is 18.9. The molecule has 0 aliphatic heterocycles. The molecule has 3 rings (SSSR count). The Labute approximate surface area is 164 Å². The Morgan fingerprint density at radius 3 is 2.78 bits per heavy atom. The summed E-state index contributed by atoms with van der Waals surface area (Å²) in [6, 6.07) is 6.57. The average Bonchev–Trinajstić information content (AvgIpc) is 3.23. The molecule has 0 radical (unpaired) electrons. The van der Waals surface area contributed by atoms with Gasteiger partial charge < -0.3 is 14.5 Å². The second-order valence-electron chi connectivity index (χ2n) is 5.56. The van der Waals surface area contributed by atoms with Crippen LogP contribution in [0.4, 0.5) is 10.8 Å². The summed E-state index contributed by atoms with van der Waals surface area (Å²) in [5.41, 5.74) is 1.56. The molecule has 7 nitrogen and oxygen atoms in total. The molecular weight excluding hydrogens is 390 g/mol. The number of hydrogen-bond acceptors (Lipinski definition) is 6. The fourth-order valence-electron chi connectivity index (χ4n) is 2.34. The molecule has 0 saturated heterocycles. The van der Waals surface area contributed by atoms with Crippen molar-refractivity contribution in [2.45, 2.75) is 13.3 Å². The predicted octanol–water partition coefficient (Wildman–Crippen LogP) is 4.14. The molecule has 0 unspecified atom stereocenters. The average molecular weight is 406 g/mol. The van der Waals surface area contributed by atoms with Crippen LogP contribution in [0.15, 0.2) is 40.3 Å². The zero-order valence-electron chi connectivity index (χ0n) is 14.5. The number of aryl methyl sites for hydroxylation is 1. The minimum Gasteiger partial charge on any atom is -0.495 e. The van der Waals surface area contributed by atoms with Crippen LogP contribution in [0.25, 0.3) is 0 Å². The summed E-state index contributed by atoms with van der Waals surface area (Å²) in [4.78, 5) is 28.6. The third-order valence-corrected chi connectivity index (χ3v) is 4.75. The van der Waals surface area contributed by atoms with Crippen molar-refractivity contribution in [1.82, 2.24) is 4.98 Å². The van der Waals surface area contributed by atoms with Gasteiger partial charge >= 0.3 is 0 Å². The minimum atomic E-state index is -0.306. The summed E-state index contributed by atoms with van der Waals surface area (Å²) in [6.45, 7) is 1.71. The van der Waals surface area contributed by atoms with Crippen LogP contribution in [0.3, 0.4) is 0 Å². The molecule has 2 aromatic heterocycles. The lowest BCUT2D eigenvalue weighted by molar-refractivity contribution is -0.115. The van der Waals surface area contributed by atoms with Crippen LogP contribution in [-0.4, -0.2) is 23.9 Å². The van der Waals surface area contributed by atoms with Crippen molar-refractivity contribution >= 4 is 45.6 Å². The summed E-state index contributed by atoms with van der Waals surface area (Å²) in [5.74, 6) is 0.508. The Morgan fingerprint density at radius 1 is 1.30 bits per heavy atom. The highest BCUT2D eigenvalue weighted by molar-refractivity contribution is 7.14. The van der Waals surface area contributed by atoms with Crippen molar-refractivity contribution in [2.75, 3.05) is 17.7 Å². The van der Waals surface area contributed by atoms with E-state index in [1.165, 1.54) is 24.7 Å². The number of halogens is 1. The number of nitrogens with zero attached hydrogens (tertiary/aromatic N) is 1. The van der Waals surface area contributed by atoms with Crippen LogP contribution in [0.1, 0.15) is 21.8 Å². The van der Waals surface area contributed by atoms with Crippen molar-refractivity contribution in [3.8, 4) is 5.75 Å². The van der Waals surface area contributed by atoms with Crippen LogP contribution < -0.4 is 15.4 Å². The number of thiazole rings is 1. The van der Waals surface area contributed by atoms with E-state index in [2.05, 4.69) is 15.6 Å². The van der Waals surface area contributed by atoms with Gasteiger partial charge in [-0.1, -0.05) is 11.6 Å². The first-order valence-electron chi connectivity index (χ1n) is 7.89. The molecule has 0 bridgehead atoms. The zero-order chi connectivity index (χ0) is 19.4. The lowest BCUT2D eigenvalue weighted by atomic mass is 10.2. The monoisotopic (exact) mass is 405 g/mol. The first-order chi connectivity index (χ1) is 13.0. The molecule has 2 heterocycles. The van der Waals surface area contributed by atoms with E-state index in [1.54, 1.807) is 36.6 Å². The summed E-state index contributed by atoms with van der Waals surface area (Å²) in [5, 5.41) is 7.98. The Morgan fingerprint density at radius 2 is 2.11 bits per heavy atom. The van der Waals surface area contributed by atoms with Crippen molar-refractivity contribution in [3.63, 3.8) is 0 Å². The van der Waals surface area contributed by atoms with Crippen LogP contribution in [-0.2, 0) is 11.2 Å². The van der Waals surface area contributed by atoms with Crippen molar-refractivity contribution < 1.29 is 18.7 Å². The zero-order valence-corrected chi connectivity index (χ0v) is 16.1. The molecule has 0 aliphatic carbocycles. The highest BCUT2D eigenvalue weighted by Crippen LogP contribution is 2.27. The van der Waals surface area contributed by atoms with E-state index in [-0.39, 0.29) is 18.2 Å². The van der Waals surface area contributed by atoms with Crippen molar-refractivity contribution in [3.05, 3.63) is 57.9 Å². The highest BCUT2D eigenvalue weighted by atomic mass is 35.5. The number of carbonyl (C=O) groups is 2. The number of benzene rings is 1. The van der Waals surface area contributed by atoms with Gasteiger partial charge in [0, 0.05) is 11.1 Å². The molecule has 0 spiro atoms. The van der Waals surface area contributed by atoms with Crippen LogP contribution >= 0.6 is 22.9 Å². The Hall–Kier alpha value is -2.84. The van der Waals surface area contributed by atoms with Gasteiger partial charge in [0.25, 0.3) is 5.91 Å². The lowest BCUT2D eigenvalue weighted by Gasteiger charge is -2.07. The van der Waals surface area contributed by atoms with E-state index in [9.17, 15) is 9.59 Å². The SMILES string of the molecule is COc1ccc(NC(=O)Cc2csc(NC(=O)c3ccoc3C)n2)cc1Cl. The fraction of sp³-hybridized carbons (Fsp3) is 0.167. The summed E-state index contributed by atoms with van der Waals surface area (Å²) in [7, 11) is 1.52. The molecule has 0 aliphatic rings. The largest absolute Gasteiger partial charge is 0.495 e. The third kappa shape index (κ3) is 4.66. The number of anilines is 2. The van der Waals surface area contributed by atoms with Crippen molar-refractivity contribution in [2.24, 2.45) is 0 Å². The molecule has 9 heteroatoms. The number of nitrogens with one attached hydrogen (secondary N) is 2. The molecule has 0 atom stereocenters. The van der Waals surface area contributed by atoms with E-state index in [4.69, 9.17) is 20.8 Å². The first-order valence-corrected chi connectivity index (χ1v) is 9.15. The van der Waals surface area contributed by atoms with Gasteiger partial charge in [-0.05, 0) is 31.2 Å². The van der Waals surface area contributed by atoms with E-state index in [0.717, 1.165) is 0 Å². The molecule has 27 heavy (non-hydrogen) atoms. The number of ether oxygens (including phenoxy) is 1. The number of methoxy groups -OCH3 is 1. The smallest absolute Gasteiger partial charge is 0.260 e. The molecule has 140 valence electrons. The molecular formula is C18H16ClN3O4S. The summed E-state index contributed by atoms with van der Waals surface area (Å²) in [6.07, 6.45) is 1.52. The van der Waals surface area contributed by atoms with Gasteiger partial charge in [0.2, 0.25) is 5.91 Å². The predicted molar refractivity (Wildman–Crippen MR) is 104 cm³/mol. The lowest BCUT2D eigenvalue weighted by Crippen LogP contribution is -2.15. The standard InChI is InChI=1S/C18H16ClN3O4S/c1-10-13(5-6-26-10)17(24)22-18-21-12(9-27-18)8-16(23)20-11-3-4-15(25-2)14(19)7-11/h3-7,9H,8H2,1-2H3,(H,20,23)(H,21,22,24). The molecule has 1 aromatic carbocycles. The van der Waals surface area contributed by atoms with Gasteiger partial charge in [0.05, 0.1) is 36.1 Å². The van der Waals surface area contributed by atoms with Crippen LogP contribution in [0, 0.1) is 6.92 Å². The minimum absolute atomic E-state index is 0.0702. The van der Waals surface area contributed by atoms with E-state index in [1.807, 2.05) is 0 Å². The van der Waals surface area contributed by atoms with Gasteiger partial charge in [0.1, 0.15) is 11.5 Å². The normalized spacial score (nSPS) is 10.5. The number of carbonyl (C=O) groups excluding carboxylic acids is 2. The fourth-order valence-corrected chi connectivity index (χ4v) is 3.31. The maximum atomic E-state index is 12.2. The molecule has 2 N–H and O–H groups in total. The van der Waals surface area contributed by atoms with Crippen LogP contribution in [0.5, 0.6) is 5.75 Å². The Kier molecular flexibility index (Phi) is 5.78. The van der Waals surface area contributed by atoms with Gasteiger partial charge in [-0.15, -0.1) is 11.3 Å². The van der Waals surface area contributed by atoms with Crippen molar-refractivity contribution in [1.29, 1.82) is 0 Å². The Bertz CT molecular complexity index is 983. The van der Waals surface area contributed by atoms with Crippen LogP contribution in [0.2, 0.25) is 5.02 Å². The molecule has 3 aromatic rings. The van der Waals surface area contributed by atoms with Gasteiger partial charge in [-0.2, -0.15) is 0 Å². The number of hydrogen-bond donors (Lipinski definition) is 2. The van der Waals surface area contributed by atoms with Gasteiger partial charge in [-0.3, -0.25) is 14.9 Å². The summed E-state index contributed by atoms with van der Waals surface area (Å²) >= 11 is 7.29. The topological polar surface area (TPSA) is 93.5 Å². The Balaban J connectivity index is 1.58.